The van der Waals surface area contributed by atoms with E-state index in [1.165, 1.54) is 48.4 Å². The summed E-state index contributed by atoms with van der Waals surface area (Å²) in [6, 6.07) is 3.77. The fraction of sp³-hybridized carbons (Fsp3) is 0.231. The van der Waals surface area contributed by atoms with Crippen molar-refractivity contribution in [1.29, 1.82) is 0 Å². The molecule has 1 N–H and O–H groups in total. The van der Waals surface area contributed by atoms with Gasteiger partial charge in [-0.1, -0.05) is 16.5 Å². The van der Waals surface area contributed by atoms with Gasteiger partial charge in [-0.15, -0.1) is 0 Å². The maximum atomic E-state index is 12.6. The molecule has 0 saturated heterocycles. The van der Waals surface area contributed by atoms with Crippen molar-refractivity contribution in [2.45, 2.75) is 12.4 Å². The Balaban J connectivity index is 2.43. The van der Waals surface area contributed by atoms with E-state index in [4.69, 9.17) is 4.74 Å². The lowest BCUT2D eigenvalue weighted by atomic mass is 10.1. The van der Waals surface area contributed by atoms with Gasteiger partial charge in [-0.2, -0.15) is 21.6 Å². The van der Waals surface area contributed by atoms with Crippen LogP contribution in [0.2, 0.25) is 0 Å². The molecule has 2 rings (SSSR count). The minimum Gasteiger partial charge on any atom is -0.431 e. The summed E-state index contributed by atoms with van der Waals surface area (Å²) in [5.74, 6) is 0.241. The molecule has 0 radical (unpaired) electrons. The van der Waals surface area contributed by atoms with E-state index < -0.39 is 15.5 Å². The third-order valence-electron chi connectivity index (χ3n) is 2.77. The van der Waals surface area contributed by atoms with Crippen LogP contribution in [0.1, 0.15) is 12.5 Å². The number of nitrogens with one attached hydrogen (secondary N) is 1. The van der Waals surface area contributed by atoms with Crippen molar-refractivity contribution in [3.63, 3.8) is 0 Å². The number of hydrogen-bond acceptors (Lipinski definition) is 7. The minimum atomic E-state index is -5.58. The Labute approximate surface area is 145 Å². The smallest absolute Gasteiger partial charge is 0.431 e. The lowest BCUT2D eigenvalue weighted by Crippen LogP contribution is -2.30. The van der Waals surface area contributed by atoms with Crippen molar-refractivity contribution >= 4 is 32.8 Å². The van der Waals surface area contributed by atoms with E-state index in [-0.39, 0.29) is 22.7 Å². The Morgan fingerprint density at radius 3 is 2.64 bits per heavy atom. The number of benzene rings is 1. The molecule has 0 spiro atoms. The predicted molar refractivity (Wildman–Crippen MR) is 86.4 cm³/mol. The highest BCUT2D eigenvalue weighted by molar-refractivity contribution is 7.93. The molecule has 0 fully saturated rings. The molecule has 0 aliphatic carbocycles. The molecule has 7 nitrogen and oxygen atoms in total. The van der Waals surface area contributed by atoms with Crippen LogP contribution in [0.3, 0.4) is 0 Å². The van der Waals surface area contributed by atoms with Crippen molar-refractivity contribution in [3.8, 4) is 10.9 Å². The highest BCUT2D eigenvalue weighted by Crippen LogP contribution is 2.31. The Kier molecular flexibility index (Phi) is 5.52. The van der Waals surface area contributed by atoms with E-state index in [1.54, 1.807) is 5.38 Å². The normalized spacial score (nSPS) is 12.8. The predicted octanol–water partition coefficient (Wildman–Crippen LogP) is 3.57. The van der Waals surface area contributed by atoms with Crippen molar-refractivity contribution in [1.82, 2.24) is 4.98 Å². The summed E-state index contributed by atoms with van der Waals surface area (Å²) in [6.07, 6.45) is 1.52. The van der Waals surface area contributed by atoms with E-state index >= 15 is 0 Å². The molecule has 0 atom stereocenters. The number of anilines is 1. The number of ether oxygens (including phenoxy) is 1. The number of aromatic nitrogens is 1. The largest absolute Gasteiger partial charge is 0.516 e. The highest BCUT2D eigenvalue weighted by atomic mass is 32.2. The summed E-state index contributed by atoms with van der Waals surface area (Å²) in [5.41, 5.74) is -5.56. The van der Waals surface area contributed by atoms with Gasteiger partial charge in [0.15, 0.2) is 0 Å². The number of sulfonamides is 1. The highest BCUT2D eigenvalue weighted by Gasteiger charge is 2.46. The van der Waals surface area contributed by atoms with Crippen molar-refractivity contribution in [2.24, 2.45) is 5.16 Å². The molecular weight excluding hydrogens is 383 g/mol. The van der Waals surface area contributed by atoms with Gasteiger partial charge < -0.3 is 9.57 Å². The summed E-state index contributed by atoms with van der Waals surface area (Å²) in [7, 11) is -4.33. The molecule has 0 unspecified atom stereocenters. The van der Waals surface area contributed by atoms with Gasteiger partial charge >= 0.3 is 15.5 Å². The molecule has 136 valence electrons. The SMILES string of the molecule is CON=C(C)c1cc(Oc2nccs2)ccc1NS(=O)(=O)C(F)(F)F. The third kappa shape index (κ3) is 4.60. The molecule has 25 heavy (non-hydrogen) atoms. The fourth-order valence-corrected chi connectivity index (χ4v) is 2.81. The molecule has 0 bridgehead atoms. The van der Waals surface area contributed by atoms with Crippen LogP contribution in [0.15, 0.2) is 34.9 Å². The van der Waals surface area contributed by atoms with Gasteiger partial charge in [0.1, 0.15) is 12.9 Å². The van der Waals surface area contributed by atoms with Crippen LogP contribution in [-0.4, -0.2) is 31.7 Å². The maximum absolute atomic E-state index is 12.6. The lowest BCUT2D eigenvalue weighted by molar-refractivity contribution is -0.0429. The Bertz CT molecular complexity index is 865. The molecule has 1 heterocycles. The molecule has 0 aliphatic heterocycles. The molecule has 0 aliphatic rings. The Hall–Kier alpha value is -2.34. The zero-order valence-corrected chi connectivity index (χ0v) is 14.5. The molecule has 12 heteroatoms. The van der Waals surface area contributed by atoms with Gasteiger partial charge in [0.05, 0.1) is 11.4 Å². The van der Waals surface area contributed by atoms with E-state index in [9.17, 15) is 21.6 Å². The standard InChI is InChI=1S/C13H12F3N3O4S2/c1-8(18-22-2)10-7-9(23-12-17-5-6-24-12)3-4-11(10)19-25(20,21)13(14,15)16/h3-7,19H,1-2H3. The summed E-state index contributed by atoms with van der Waals surface area (Å²) in [5, 5.41) is 5.61. The number of oxime groups is 1. The van der Waals surface area contributed by atoms with Crippen molar-refractivity contribution < 1.29 is 31.2 Å². The van der Waals surface area contributed by atoms with E-state index in [0.29, 0.717) is 5.19 Å². The topological polar surface area (TPSA) is 89.9 Å². The average molecular weight is 395 g/mol. The van der Waals surface area contributed by atoms with E-state index in [0.717, 1.165) is 6.07 Å². The van der Waals surface area contributed by atoms with Gasteiger partial charge in [-0.25, -0.2) is 4.98 Å². The number of halogens is 3. The van der Waals surface area contributed by atoms with Crippen molar-refractivity contribution in [2.75, 3.05) is 11.8 Å². The number of nitrogens with zero attached hydrogens (tertiary/aromatic N) is 2. The molecule has 2 aromatic rings. The van der Waals surface area contributed by atoms with E-state index in [1.807, 2.05) is 0 Å². The van der Waals surface area contributed by atoms with Gasteiger partial charge in [-0.05, 0) is 25.1 Å². The van der Waals surface area contributed by atoms with Crippen LogP contribution < -0.4 is 9.46 Å². The molecule has 1 aromatic heterocycles. The molecule has 0 saturated carbocycles. The first-order valence-corrected chi connectivity index (χ1v) is 8.89. The van der Waals surface area contributed by atoms with Crippen LogP contribution in [0, 0.1) is 0 Å². The Morgan fingerprint density at radius 1 is 1.36 bits per heavy atom. The monoisotopic (exact) mass is 395 g/mol. The second-order valence-corrected chi connectivity index (χ2v) is 7.05. The zero-order chi connectivity index (χ0) is 18.7. The van der Waals surface area contributed by atoms with Crippen LogP contribution in [0.4, 0.5) is 18.9 Å². The van der Waals surface area contributed by atoms with Crippen molar-refractivity contribution in [3.05, 3.63) is 35.3 Å². The summed E-state index contributed by atoms with van der Waals surface area (Å²) >= 11 is 1.21. The molecule has 0 amide bonds. The Morgan fingerprint density at radius 2 is 2.08 bits per heavy atom. The second-order valence-electron chi connectivity index (χ2n) is 4.52. The van der Waals surface area contributed by atoms with Crippen LogP contribution in [-0.2, 0) is 14.9 Å². The van der Waals surface area contributed by atoms with Crippen LogP contribution in [0.25, 0.3) is 0 Å². The first-order chi connectivity index (χ1) is 11.6. The summed E-state index contributed by atoms with van der Waals surface area (Å²) < 4.78 is 67.4. The van der Waals surface area contributed by atoms with Gasteiger partial charge in [0.25, 0.3) is 5.19 Å². The third-order valence-corrected chi connectivity index (χ3v) is 4.52. The van der Waals surface area contributed by atoms with Gasteiger partial charge in [0.2, 0.25) is 0 Å². The zero-order valence-electron chi connectivity index (χ0n) is 12.9. The number of thiazole rings is 1. The lowest BCUT2D eigenvalue weighted by Gasteiger charge is -2.15. The molecular formula is C13H12F3N3O4S2. The first-order valence-electron chi connectivity index (χ1n) is 6.52. The summed E-state index contributed by atoms with van der Waals surface area (Å²) in [4.78, 5) is 8.51. The molecule has 1 aromatic carbocycles. The van der Waals surface area contributed by atoms with Gasteiger partial charge in [0, 0.05) is 17.1 Å². The minimum absolute atomic E-state index is 0.0590. The van der Waals surface area contributed by atoms with Crippen LogP contribution >= 0.6 is 11.3 Å². The van der Waals surface area contributed by atoms with Crippen LogP contribution in [0.5, 0.6) is 10.9 Å². The number of alkyl halides is 3. The van der Waals surface area contributed by atoms with E-state index in [2.05, 4.69) is 15.0 Å². The average Bonchev–Trinajstić information content (AvgIpc) is 3.00. The maximum Gasteiger partial charge on any atom is 0.516 e. The summed E-state index contributed by atoms with van der Waals surface area (Å²) in [6.45, 7) is 1.44. The van der Waals surface area contributed by atoms with Gasteiger partial charge in [-0.3, -0.25) is 4.72 Å². The second kappa shape index (κ2) is 7.27. The number of rotatable bonds is 6. The fourth-order valence-electron chi connectivity index (χ4n) is 1.73. The number of hydrogen-bond donors (Lipinski definition) is 1. The quantitative estimate of drug-likeness (QED) is 0.597. The first kappa shape index (κ1) is 19.0.